The SMILES string of the molecule is CNC(c1ccc(F)cc1C)C1(N2CCCC2)CCCC1. The van der Waals surface area contributed by atoms with E-state index in [0.717, 1.165) is 5.56 Å². The predicted octanol–water partition coefficient (Wildman–Crippen LogP) is 3.80. The number of hydrogen-bond acceptors (Lipinski definition) is 2. The summed E-state index contributed by atoms with van der Waals surface area (Å²) in [5.74, 6) is -0.132. The molecule has 2 aliphatic rings. The second kappa shape index (κ2) is 6.05. The molecule has 0 aromatic heterocycles. The normalized spacial score (nSPS) is 23.6. The van der Waals surface area contributed by atoms with Crippen LogP contribution in [0.3, 0.4) is 0 Å². The van der Waals surface area contributed by atoms with Gasteiger partial charge in [-0.1, -0.05) is 18.9 Å². The van der Waals surface area contributed by atoms with Crippen LogP contribution < -0.4 is 5.32 Å². The van der Waals surface area contributed by atoms with Gasteiger partial charge in [-0.05, 0) is 76.0 Å². The molecule has 3 rings (SSSR count). The fourth-order valence-electron chi connectivity index (χ4n) is 4.61. The van der Waals surface area contributed by atoms with Crippen LogP contribution in [0.2, 0.25) is 0 Å². The van der Waals surface area contributed by atoms with E-state index in [2.05, 4.69) is 17.3 Å². The molecule has 21 heavy (non-hydrogen) atoms. The van der Waals surface area contributed by atoms with Crippen molar-refractivity contribution in [3.63, 3.8) is 0 Å². The molecule has 1 aromatic rings. The van der Waals surface area contributed by atoms with Crippen LogP contribution in [0.5, 0.6) is 0 Å². The largest absolute Gasteiger partial charge is 0.311 e. The van der Waals surface area contributed by atoms with E-state index < -0.39 is 0 Å². The van der Waals surface area contributed by atoms with Crippen LogP contribution in [-0.4, -0.2) is 30.6 Å². The molecular weight excluding hydrogens is 263 g/mol. The van der Waals surface area contributed by atoms with E-state index in [1.807, 2.05) is 13.0 Å². The molecule has 1 saturated carbocycles. The Morgan fingerprint density at radius 3 is 2.38 bits per heavy atom. The van der Waals surface area contributed by atoms with Gasteiger partial charge in [0.2, 0.25) is 0 Å². The Morgan fingerprint density at radius 1 is 1.14 bits per heavy atom. The number of likely N-dealkylation sites (tertiary alicyclic amines) is 1. The average Bonchev–Trinajstić information content (AvgIpc) is 3.13. The minimum atomic E-state index is -0.132. The van der Waals surface area contributed by atoms with Crippen molar-refractivity contribution in [2.75, 3.05) is 20.1 Å². The Kier molecular flexibility index (Phi) is 4.32. The highest BCUT2D eigenvalue weighted by Gasteiger charge is 2.46. The maximum atomic E-state index is 13.5. The Balaban J connectivity index is 1.99. The molecule has 1 N–H and O–H groups in total. The molecule has 1 aromatic carbocycles. The Labute approximate surface area is 127 Å². The summed E-state index contributed by atoms with van der Waals surface area (Å²) in [4.78, 5) is 2.71. The van der Waals surface area contributed by atoms with E-state index in [-0.39, 0.29) is 11.4 Å². The first-order chi connectivity index (χ1) is 10.2. The molecule has 1 aliphatic carbocycles. The fraction of sp³-hybridized carbons (Fsp3) is 0.667. The van der Waals surface area contributed by atoms with Crippen LogP contribution >= 0.6 is 0 Å². The molecule has 2 fully saturated rings. The molecule has 1 aliphatic heterocycles. The van der Waals surface area contributed by atoms with E-state index in [1.54, 1.807) is 12.1 Å². The standard InChI is InChI=1S/C18H27FN2/c1-14-13-15(19)7-8-16(14)17(20-2)18(9-3-4-10-18)21-11-5-6-12-21/h7-8,13,17,20H,3-6,9-12H2,1-2H3. The van der Waals surface area contributed by atoms with Gasteiger partial charge >= 0.3 is 0 Å². The van der Waals surface area contributed by atoms with Crippen LogP contribution in [0.25, 0.3) is 0 Å². The molecule has 0 spiro atoms. The number of nitrogens with zero attached hydrogens (tertiary/aromatic N) is 1. The number of nitrogens with one attached hydrogen (secondary N) is 1. The summed E-state index contributed by atoms with van der Waals surface area (Å²) in [6.07, 6.45) is 7.79. The minimum absolute atomic E-state index is 0.132. The van der Waals surface area contributed by atoms with E-state index in [9.17, 15) is 4.39 Å². The van der Waals surface area contributed by atoms with Crippen molar-refractivity contribution in [2.24, 2.45) is 0 Å². The third kappa shape index (κ3) is 2.62. The van der Waals surface area contributed by atoms with Crippen molar-refractivity contribution in [1.82, 2.24) is 10.2 Å². The summed E-state index contributed by atoms with van der Waals surface area (Å²) in [5.41, 5.74) is 2.57. The van der Waals surface area contributed by atoms with Crippen LogP contribution in [0.4, 0.5) is 4.39 Å². The first-order valence-corrected chi connectivity index (χ1v) is 8.36. The Hall–Kier alpha value is -0.930. The van der Waals surface area contributed by atoms with Gasteiger partial charge in [0, 0.05) is 5.54 Å². The zero-order valence-corrected chi connectivity index (χ0v) is 13.3. The summed E-state index contributed by atoms with van der Waals surface area (Å²) in [6, 6.07) is 5.58. The second-order valence-corrected chi connectivity index (χ2v) is 6.73. The van der Waals surface area contributed by atoms with E-state index in [0.29, 0.717) is 6.04 Å². The first-order valence-electron chi connectivity index (χ1n) is 8.36. The van der Waals surface area contributed by atoms with Gasteiger partial charge in [-0.2, -0.15) is 0 Å². The van der Waals surface area contributed by atoms with Crippen molar-refractivity contribution in [3.05, 3.63) is 35.1 Å². The molecule has 1 atom stereocenters. The number of halogens is 1. The van der Waals surface area contributed by atoms with Crippen LogP contribution in [-0.2, 0) is 0 Å². The van der Waals surface area contributed by atoms with Gasteiger partial charge in [-0.3, -0.25) is 4.90 Å². The fourth-order valence-corrected chi connectivity index (χ4v) is 4.61. The van der Waals surface area contributed by atoms with Crippen LogP contribution in [0.1, 0.15) is 55.7 Å². The summed E-state index contributed by atoms with van der Waals surface area (Å²) in [7, 11) is 2.06. The lowest BCUT2D eigenvalue weighted by atomic mass is 9.80. The van der Waals surface area contributed by atoms with Gasteiger partial charge in [0.1, 0.15) is 5.82 Å². The Bertz CT molecular complexity index is 488. The van der Waals surface area contributed by atoms with Crippen molar-refractivity contribution in [1.29, 1.82) is 0 Å². The second-order valence-electron chi connectivity index (χ2n) is 6.73. The predicted molar refractivity (Wildman–Crippen MR) is 84.9 cm³/mol. The van der Waals surface area contributed by atoms with Gasteiger partial charge < -0.3 is 5.32 Å². The molecule has 0 amide bonds. The van der Waals surface area contributed by atoms with Crippen LogP contribution in [0.15, 0.2) is 18.2 Å². The van der Waals surface area contributed by atoms with Crippen LogP contribution in [0, 0.1) is 12.7 Å². The van der Waals surface area contributed by atoms with E-state index >= 15 is 0 Å². The summed E-state index contributed by atoms with van der Waals surface area (Å²) in [6.45, 7) is 4.48. The van der Waals surface area contributed by atoms with E-state index in [4.69, 9.17) is 0 Å². The third-order valence-electron chi connectivity index (χ3n) is 5.57. The third-order valence-corrected chi connectivity index (χ3v) is 5.57. The zero-order valence-electron chi connectivity index (χ0n) is 13.3. The summed E-state index contributed by atoms with van der Waals surface area (Å²) >= 11 is 0. The number of rotatable bonds is 4. The summed E-state index contributed by atoms with van der Waals surface area (Å²) < 4.78 is 13.5. The molecule has 1 heterocycles. The van der Waals surface area contributed by atoms with E-state index in [1.165, 1.54) is 57.2 Å². The van der Waals surface area contributed by atoms with Gasteiger partial charge in [-0.15, -0.1) is 0 Å². The number of benzene rings is 1. The molecule has 0 radical (unpaired) electrons. The lowest BCUT2D eigenvalue weighted by Gasteiger charge is -2.45. The Morgan fingerprint density at radius 2 is 1.81 bits per heavy atom. The van der Waals surface area contributed by atoms with Crippen molar-refractivity contribution >= 4 is 0 Å². The van der Waals surface area contributed by atoms with Gasteiger partial charge in [-0.25, -0.2) is 4.39 Å². The van der Waals surface area contributed by atoms with Crippen molar-refractivity contribution in [2.45, 2.75) is 57.0 Å². The first kappa shape index (κ1) is 15.0. The molecular formula is C18H27FN2. The molecule has 0 bridgehead atoms. The van der Waals surface area contributed by atoms with Gasteiger partial charge in [0.15, 0.2) is 0 Å². The monoisotopic (exact) mass is 290 g/mol. The maximum absolute atomic E-state index is 13.5. The molecule has 116 valence electrons. The minimum Gasteiger partial charge on any atom is -0.311 e. The highest BCUT2D eigenvalue weighted by Crippen LogP contribution is 2.46. The lowest BCUT2D eigenvalue weighted by Crippen LogP contribution is -2.53. The number of likely N-dealkylation sites (N-methyl/N-ethyl adjacent to an activating group) is 1. The van der Waals surface area contributed by atoms with Crippen molar-refractivity contribution < 1.29 is 4.39 Å². The number of hydrogen-bond donors (Lipinski definition) is 1. The smallest absolute Gasteiger partial charge is 0.123 e. The zero-order chi connectivity index (χ0) is 14.9. The molecule has 2 nitrogen and oxygen atoms in total. The number of aryl methyl sites for hydroxylation is 1. The topological polar surface area (TPSA) is 15.3 Å². The van der Waals surface area contributed by atoms with Crippen molar-refractivity contribution in [3.8, 4) is 0 Å². The quantitative estimate of drug-likeness (QED) is 0.907. The molecule has 1 saturated heterocycles. The van der Waals surface area contributed by atoms with Gasteiger partial charge in [0.25, 0.3) is 0 Å². The molecule has 1 unspecified atom stereocenters. The lowest BCUT2D eigenvalue weighted by molar-refractivity contribution is 0.0794. The molecule has 3 heteroatoms. The maximum Gasteiger partial charge on any atom is 0.123 e. The highest BCUT2D eigenvalue weighted by atomic mass is 19.1. The highest BCUT2D eigenvalue weighted by molar-refractivity contribution is 5.33. The van der Waals surface area contributed by atoms with Gasteiger partial charge in [0.05, 0.1) is 6.04 Å². The average molecular weight is 290 g/mol. The summed E-state index contributed by atoms with van der Waals surface area (Å²) in [5, 5.41) is 3.57.